The van der Waals surface area contributed by atoms with E-state index in [0.717, 1.165) is 0 Å². The summed E-state index contributed by atoms with van der Waals surface area (Å²) in [5, 5.41) is 20.1. The van der Waals surface area contributed by atoms with Crippen molar-refractivity contribution in [3.63, 3.8) is 0 Å². The van der Waals surface area contributed by atoms with E-state index < -0.39 is 16.4 Å². The third-order valence-corrected chi connectivity index (χ3v) is 3.22. The number of amides is 1. The first-order valence-corrected chi connectivity index (χ1v) is 5.96. The molecule has 0 fully saturated rings. The van der Waals surface area contributed by atoms with Crippen LogP contribution in [0.1, 0.15) is 24.2 Å². The summed E-state index contributed by atoms with van der Waals surface area (Å²) in [6.45, 7) is 3.15. The molecule has 1 aromatic carbocycles. The van der Waals surface area contributed by atoms with E-state index in [1.807, 2.05) is 0 Å². The van der Waals surface area contributed by atoms with Gasteiger partial charge in [0.15, 0.2) is 0 Å². The lowest BCUT2D eigenvalue weighted by atomic mass is 10.0. The summed E-state index contributed by atoms with van der Waals surface area (Å²) < 4.78 is 5.07. The molecule has 1 rings (SSSR count). The van der Waals surface area contributed by atoms with Crippen molar-refractivity contribution in [2.24, 2.45) is 0 Å². The molecule has 1 N–H and O–H groups in total. The van der Waals surface area contributed by atoms with Crippen LogP contribution in [0.15, 0.2) is 18.2 Å². The molecule has 7 heteroatoms. The third-order valence-electron chi connectivity index (χ3n) is 3.22. The van der Waals surface area contributed by atoms with Crippen molar-refractivity contribution < 1.29 is 19.6 Å². The van der Waals surface area contributed by atoms with Crippen LogP contribution in [0.3, 0.4) is 0 Å². The van der Waals surface area contributed by atoms with Gasteiger partial charge in [0, 0.05) is 19.2 Å². The number of carbonyl (C=O) groups is 1. The molecule has 1 amide bonds. The summed E-state index contributed by atoms with van der Waals surface area (Å²) in [5.41, 5.74) is -0.887. The number of hydrogen-bond donors (Lipinski definition) is 1. The predicted molar refractivity (Wildman–Crippen MR) is 72.9 cm³/mol. The molecule has 0 saturated heterocycles. The van der Waals surface area contributed by atoms with Gasteiger partial charge in [0.05, 0.1) is 29.7 Å². The SMILES string of the molecule is COc1ccc([N+](=O)[O-])cc1C(=O)N(C)C(C)(C)CO. The zero-order chi connectivity index (χ0) is 15.5. The number of aliphatic hydroxyl groups is 1. The van der Waals surface area contributed by atoms with Crippen LogP contribution in [0, 0.1) is 10.1 Å². The van der Waals surface area contributed by atoms with Gasteiger partial charge in [0.2, 0.25) is 0 Å². The standard InChI is InChI=1S/C13H18N2O5/c1-13(2,8-16)14(3)12(17)10-7-9(15(18)19)5-6-11(10)20-4/h5-7,16H,8H2,1-4H3. The Balaban J connectivity index is 3.26. The van der Waals surface area contributed by atoms with E-state index >= 15 is 0 Å². The molecule has 0 heterocycles. The predicted octanol–water partition coefficient (Wildman–Crippen LogP) is 1.45. The molecule has 0 radical (unpaired) electrons. The Bertz CT molecular complexity index is 527. The highest BCUT2D eigenvalue weighted by Crippen LogP contribution is 2.27. The molecule has 20 heavy (non-hydrogen) atoms. The van der Waals surface area contributed by atoms with Crippen LogP contribution in [0.5, 0.6) is 5.75 Å². The first-order chi connectivity index (χ1) is 9.24. The summed E-state index contributed by atoms with van der Waals surface area (Å²) in [6, 6.07) is 3.82. The highest BCUT2D eigenvalue weighted by molar-refractivity contribution is 5.97. The molecule has 0 aliphatic rings. The number of aliphatic hydroxyl groups excluding tert-OH is 1. The summed E-state index contributed by atoms with van der Waals surface area (Å²) >= 11 is 0. The molecule has 0 saturated carbocycles. The Morgan fingerprint density at radius 1 is 1.50 bits per heavy atom. The average Bonchev–Trinajstić information content (AvgIpc) is 2.44. The van der Waals surface area contributed by atoms with Crippen LogP contribution in [0.4, 0.5) is 5.69 Å². The number of methoxy groups -OCH3 is 1. The number of ether oxygens (including phenoxy) is 1. The fraction of sp³-hybridized carbons (Fsp3) is 0.462. The number of nitrogens with zero attached hydrogens (tertiary/aromatic N) is 2. The van der Waals surface area contributed by atoms with Crippen molar-refractivity contribution in [1.29, 1.82) is 0 Å². The monoisotopic (exact) mass is 282 g/mol. The summed E-state index contributed by atoms with van der Waals surface area (Å²) in [5.74, 6) is -0.203. The van der Waals surface area contributed by atoms with Gasteiger partial charge >= 0.3 is 0 Å². The Kier molecular flexibility index (Phi) is 4.67. The highest BCUT2D eigenvalue weighted by atomic mass is 16.6. The normalized spacial score (nSPS) is 11.1. The Labute approximate surface area is 116 Å². The molecule has 0 spiro atoms. The quantitative estimate of drug-likeness (QED) is 0.651. The molecule has 110 valence electrons. The lowest BCUT2D eigenvalue weighted by Crippen LogP contribution is -2.47. The van der Waals surface area contributed by atoms with Gasteiger partial charge < -0.3 is 14.7 Å². The maximum Gasteiger partial charge on any atom is 0.270 e. The minimum atomic E-state index is -0.785. The number of carbonyl (C=O) groups excluding carboxylic acids is 1. The molecular weight excluding hydrogens is 264 g/mol. The first kappa shape index (κ1) is 15.9. The molecule has 0 aromatic heterocycles. The largest absolute Gasteiger partial charge is 0.496 e. The van der Waals surface area contributed by atoms with Crippen molar-refractivity contribution >= 4 is 11.6 Å². The van der Waals surface area contributed by atoms with Gasteiger partial charge in [-0.15, -0.1) is 0 Å². The zero-order valence-electron chi connectivity index (χ0n) is 11.9. The second kappa shape index (κ2) is 5.87. The second-order valence-corrected chi connectivity index (χ2v) is 4.98. The molecule has 0 unspecified atom stereocenters. The van der Waals surface area contributed by atoms with Gasteiger partial charge in [0.25, 0.3) is 11.6 Å². The highest BCUT2D eigenvalue weighted by Gasteiger charge is 2.30. The Morgan fingerprint density at radius 3 is 2.55 bits per heavy atom. The number of rotatable bonds is 5. The summed E-state index contributed by atoms with van der Waals surface area (Å²) in [4.78, 5) is 24.0. The van der Waals surface area contributed by atoms with Crippen LogP contribution in [-0.2, 0) is 0 Å². The molecule has 0 atom stereocenters. The number of benzene rings is 1. The van der Waals surface area contributed by atoms with Crippen LogP contribution < -0.4 is 4.74 Å². The molecule has 0 aliphatic carbocycles. The van der Waals surface area contributed by atoms with E-state index in [4.69, 9.17) is 4.74 Å². The van der Waals surface area contributed by atoms with E-state index in [2.05, 4.69) is 0 Å². The van der Waals surface area contributed by atoms with Crippen LogP contribution >= 0.6 is 0 Å². The zero-order valence-corrected chi connectivity index (χ0v) is 11.9. The molecule has 0 aliphatic heterocycles. The van der Waals surface area contributed by atoms with Gasteiger partial charge in [-0.1, -0.05) is 0 Å². The van der Waals surface area contributed by atoms with E-state index in [0.29, 0.717) is 0 Å². The van der Waals surface area contributed by atoms with E-state index in [1.165, 1.54) is 37.3 Å². The van der Waals surface area contributed by atoms with E-state index in [-0.39, 0.29) is 23.6 Å². The first-order valence-electron chi connectivity index (χ1n) is 5.96. The number of nitro groups is 1. The number of likely N-dealkylation sites (N-methyl/N-ethyl adjacent to an activating group) is 1. The van der Waals surface area contributed by atoms with Gasteiger partial charge in [-0.2, -0.15) is 0 Å². The lowest BCUT2D eigenvalue weighted by Gasteiger charge is -2.34. The minimum absolute atomic E-state index is 0.0886. The Morgan fingerprint density at radius 2 is 2.10 bits per heavy atom. The van der Waals surface area contributed by atoms with Gasteiger partial charge in [0.1, 0.15) is 5.75 Å². The fourth-order valence-electron chi connectivity index (χ4n) is 1.54. The van der Waals surface area contributed by atoms with Crippen LogP contribution in [-0.4, -0.2) is 47.1 Å². The lowest BCUT2D eigenvalue weighted by molar-refractivity contribution is -0.384. The van der Waals surface area contributed by atoms with Crippen molar-refractivity contribution in [2.45, 2.75) is 19.4 Å². The van der Waals surface area contributed by atoms with Crippen LogP contribution in [0.25, 0.3) is 0 Å². The maximum absolute atomic E-state index is 12.4. The molecule has 0 bridgehead atoms. The average molecular weight is 282 g/mol. The van der Waals surface area contributed by atoms with E-state index in [1.54, 1.807) is 13.8 Å². The summed E-state index contributed by atoms with van der Waals surface area (Å²) in [7, 11) is 2.91. The Hall–Kier alpha value is -2.15. The van der Waals surface area contributed by atoms with E-state index in [9.17, 15) is 20.0 Å². The van der Waals surface area contributed by atoms with Gasteiger partial charge in [-0.3, -0.25) is 14.9 Å². The van der Waals surface area contributed by atoms with Crippen molar-refractivity contribution in [3.8, 4) is 5.75 Å². The van der Waals surface area contributed by atoms with Gasteiger partial charge in [-0.05, 0) is 19.9 Å². The van der Waals surface area contributed by atoms with Crippen molar-refractivity contribution in [2.75, 3.05) is 20.8 Å². The third kappa shape index (κ3) is 3.05. The smallest absolute Gasteiger partial charge is 0.270 e. The number of non-ortho nitro benzene ring substituents is 1. The topological polar surface area (TPSA) is 92.9 Å². The second-order valence-electron chi connectivity index (χ2n) is 4.98. The minimum Gasteiger partial charge on any atom is -0.496 e. The maximum atomic E-state index is 12.4. The van der Waals surface area contributed by atoms with Crippen molar-refractivity contribution in [1.82, 2.24) is 4.90 Å². The number of hydrogen-bond acceptors (Lipinski definition) is 5. The number of nitro benzene ring substituents is 1. The molecular formula is C13H18N2O5. The fourth-order valence-corrected chi connectivity index (χ4v) is 1.54. The molecule has 7 nitrogen and oxygen atoms in total. The van der Waals surface area contributed by atoms with Gasteiger partial charge in [-0.25, -0.2) is 0 Å². The molecule has 1 aromatic rings. The van der Waals surface area contributed by atoms with Crippen LogP contribution in [0.2, 0.25) is 0 Å². The van der Waals surface area contributed by atoms with Crippen molar-refractivity contribution in [3.05, 3.63) is 33.9 Å². The summed E-state index contributed by atoms with van der Waals surface area (Å²) in [6.07, 6.45) is 0.